The van der Waals surface area contributed by atoms with E-state index in [0.29, 0.717) is 0 Å². The molecule has 0 aliphatic carbocycles. The van der Waals surface area contributed by atoms with Crippen molar-refractivity contribution in [2.45, 2.75) is 11.8 Å². The van der Waals surface area contributed by atoms with Gasteiger partial charge in [-0.25, -0.2) is 12.8 Å². The topological polar surface area (TPSA) is 55.4 Å². The van der Waals surface area contributed by atoms with Crippen LogP contribution in [0.15, 0.2) is 47.4 Å². The van der Waals surface area contributed by atoms with E-state index in [9.17, 15) is 12.8 Å². The Bertz CT molecular complexity index is 729. The lowest BCUT2D eigenvalue weighted by atomic mass is 10.2. The molecule has 0 fully saturated rings. The van der Waals surface area contributed by atoms with Crippen LogP contribution in [-0.2, 0) is 10.0 Å². The summed E-state index contributed by atoms with van der Waals surface area (Å²) in [6.07, 6.45) is 0. The Kier molecular flexibility index (Phi) is 3.94. The van der Waals surface area contributed by atoms with Crippen molar-refractivity contribution in [3.63, 3.8) is 0 Å². The number of hydrogen-bond acceptors (Lipinski definition) is 3. The zero-order valence-corrected chi connectivity index (χ0v) is 11.9. The molecule has 2 aromatic carbocycles. The van der Waals surface area contributed by atoms with Crippen LogP contribution in [0.5, 0.6) is 5.75 Å². The van der Waals surface area contributed by atoms with Crippen molar-refractivity contribution in [1.82, 2.24) is 0 Å². The minimum atomic E-state index is -3.73. The molecule has 0 radical (unpaired) electrons. The number of benzene rings is 2. The smallest absolute Gasteiger partial charge is 0.261 e. The van der Waals surface area contributed by atoms with E-state index in [2.05, 4.69) is 4.72 Å². The summed E-state index contributed by atoms with van der Waals surface area (Å²) in [7, 11) is -2.39. The highest BCUT2D eigenvalue weighted by Crippen LogP contribution is 2.23. The summed E-state index contributed by atoms with van der Waals surface area (Å²) in [5.74, 6) is -0.569. The van der Waals surface area contributed by atoms with Crippen LogP contribution in [0.2, 0.25) is 0 Å². The molecule has 6 heteroatoms. The molecule has 106 valence electrons. The van der Waals surface area contributed by atoms with E-state index < -0.39 is 15.8 Å². The predicted octanol–water partition coefficient (Wildman–Crippen LogP) is 2.94. The number of nitrogens with one attached hydrogen (secondary N) is 1. The lowest BCUT2D eigenvalue weighted by Crippen LogP contribution is -2.13. The lowest BCUT2D eigenvalue weighted by Gasteiger charge is -2.10. The molecule has 0 unspecified atom stereocenters. The third-order valence-corrected chi connectivity index (χ3v) is 4.08. The van der Waals surface area contributed by atoms with Gasteiger partial charge in [0.1, 0.15) is 0 Å². The van der Waals surface area contributed by atoms with Gasteiger partial charge in [-0.1, -0.05) is 12.1 Å². The van der Waals surface area contributed by atoms with Crippen LogP contribution in [0.25, 0.3) is 0 Å². The largest absolute Gasteiger partial charge is 0.494 e. The zero-order chi connectivity index (χ0) is 14.8. The van der Waals surface area contributed by atoms with Crippen molar-refractivity contribution in [3.05, 3.63) is 53.8 Å². The Balaban J connectivity index is 2.31. The van der Waals surface area contributed by atoms with Gasteiger partial charge in [0.2, 0.25) is 0 Å². The number of ether oxygens (including phenoxy) is 1. The highest BCUT2D eigenvalue weighted by atomic mass is 32.2. The SMILES string of the molecule is COc1ccc(NS(=O)(=O)c2cccc(C)c2)cc1F. The molecule has 0 atom stereocenters. The Hall–Kier alpha value is -2.08. The fourth-order valence-electron chi connectivity index (χ4n) is 1.73. The summed E-state index contributed by atoms with van der Waals surface area (Å²) in [6.45, 7) is 1.80. The van der Waals surface area contributed by atoms with Gasteiger partial charge in [0, 0.05) is 6.07 Å². The average molecular weight is 295 g/mol. The van der Waals surface area contributed by atoms with Gasteiger partial charge in [-0.15, -0.1) is 0 Å². The van der Waals surface area contributed by atoms with Crippen LogP contribution in [0.4, 0.5) is 10.1 Å². The Morgan fingerprint density at radius 1 is 1.15 bits per heavy atom. The van der Waals surface area contributed by atoms with E-state index >= 15 is 0 Å². The van der Waals surface area contributed by atoms with Gasteiger partial charge >= 0.3 is 0 Å². The second-order valence-corrected chi connectivity index (χ2v) is 5.95. The van der Waals surface area contributed by atoms with Gasteiger partial charge in [-0.2, -0.15) is 0 Å². The number of halogens is 1. The van der Waals surface area contributed by atoms with Crippen LogP contribution in [-0.4, -0.2) is 15.5 Å². The van der Waals surface area contributed by atoms with Gasteiger partial charge in [0.05, 0.1) is 17.7 Å². The molecule has 0 aliphatic heterocycles. The molecule has 0 heterocycles. The molecule has 0 saturated carbocycles. The van der Waals surface area contributed by atoms with Gasteiger partial charge < -0.3 is 4.74 Å². The normalized spacial score (nSPS) is 11.2. The standard InChI is InChI=1S/C14H14FNO3S/c1-10-4-3-5-12(8-10)20(17,18)16-11-6-7-14(19-2)13(15)9-11/h3-9,16H,1-2H3. The van der Waals surface area contributed by atoms with Crippen molar-refractivity contribution >= 4 is 15.7 Å². The molecule has 0 saturated heterocycles. The van der Waals surface area contributed by atoms with Gasteiger partial charge in [-0.3, -0.25) is 4.72 Å². The fraction of sp³-hybridized carbons (Fsp3) is 0.143. The van der Waals surface area contributed by atoms with Crippen molar-refractivity contribution in [3.8, 4) is 5.75 Å². The molecular formula is C14H14FNO3S. The van der Waals surface area contributed by atoms with Crippen LogP contribution >= 0.6 is 0 Å². The van der Waals surface area contributed by atoms with Crippen LogP contribution in [0.1, 0.15) is 5.56 Å². The van der Waals surface area contributed by atoms with Crippen molar-refractivity contribution < 1.29 is 17.5 Å². The van der Waals surface area contributed by atoms with E-state index in [1.807, 2.05) is 0 Å². The minimum absolute atomic E-state index is 0.0588. The van der Waals surface area contributed by atoms with Crippen molar-refractivity contribution in [2.75, 3.05) is 11.8 Å². The van der Waals surface area contributed by atoms with E-state index in [-0.39, 0.29) is 16.3 Å². The summed E-state index contributed by atoms with van der Waals surface area (Å²) >= 11 is 0. The monoisotopic (exact) mass is 295 g/mol. The number of anilines is 1. The maximum atomic E-state index is 13.5. The molecule has 0 spiro atoms. The summed E-state index contributed by atoms with van der Waals surface area (Å²) in [5, 5.41) is 0. The third kappa shape index (κ3) is 3.08. The van der Waals surface area contributed by atoms with E-state index in [4.69, 9.17) is 4.74 Å². The van der Waals surface area contributed by atoms with Crippen molar-refractivity contribution in [1.29, 1.82) is 0 Å². The highest BCUT2D eigenvalue weighted by molar-refractivity contribution is 7.92. The first-order chi connectivity index (χ1) is 9.42. The number of rotatable bonds is 4. The summed E-state index contributed by atoms with van der Waals surface area (Å²) < 4.78 is 45.0. The van der Waals surface area contributed by atoms with Crippen LogP contribution in [0.3, 0.4) is 0 Å². The molecule has 4 nitrogen and oxygen atoms in total. The first-order valence-electron chi connectivity index (χ1n) is 5.85. The first kappa shape index (κ1) is 14.3. The maximum Gasteiger partial charge on any atom is 0.261 e. The van der Waals surface area contributed by atoms with Crippen LogP contribution < -0.4 is 9.46 Å². The molecule has 0 aromatic heterocycles. The molecular weight excluding hydrogens is 281 g/mol. The lowest BCUT2D eigenvalue weighted by molar-refractivity contribution is 0.386. The number of methoxy groups -OCH3 is 1. The van der Waals surface area contributed by atoms with E-state index in [0.717, 1.165) is 11.6 Å². The second-order valence-electron chi connectivity index (χ2n) is 4.27. The molecule has 2 rings (SSSR count). The first-order valence-corrected chi connectivity index (χ1v) is 7.34. The molecule has 2 aromatic rings. The predicted molar refractivity (Wildman–Crippen MR) is 74.9 cm³/mol. The van der Waals surface area contributed by atoms with Gasteiger partial charge in [0.25, 0.3) is 10.0 Å². The fourth-order valence-corrected chi connectivity index (χ4v) is 2.88. The van der Waals surface area contributed by atoms with Crippen molar-refractivity contribution in [2.24, 2.45) is 0 Å². The molecule has 20 heavy (non-hydrogen) atoms. The molecule has 0 aliphatic rings. The van der Waals surface area contributed by atoms with Crippen LogP contribution in [0, 0.1) is 12.7 Å². The third-order valence-electron chi connectivity index (χ3n) is 2.70. The minimum Gasteiger partial charge on any atom is -0.494 e. The zero-order valence-electron chi connectivity index (χ0n) is 11.1. The quantitative estimate of drug-likeness (QED) is 0.943. The highest BCUT2D eigenvalue weighted by Gasteiger charge is 2.15. The molecule has 0 amide bonds. The Morgan fingerprint density at radius 2 is 1.90 bits per heavy atom. The molecule has 0 bridgehead atoms. The summed E-state index contributed by atoms with van der Waals surface area (Å²) in [4.78, 5) is 0.133. The number of aryl methyl sites for hydroxylation is 1. The Morgan fingerprint density at radius 3 is 2.50 bits per heavy atom. The maximum absolute atomic E-state index is 13.5. The Labute approximate surface area is 117 Å². The van der Waals surface area contributed by atoms with Gasteiger partial charge in [0.15, 0.2) is 11.6 Å². The van der Waals surface area contributed by atoms with Gasteiger partial charge in [-0.05, 0) is 36.8 Å². The van der Waals surface area contributed by atoms with E-state index in [1.165, 1.54) is 25.3 Å². The summed E-state index contributed by atoms with van der Waals surface area (Å²) in [6, 6.07) is 10.4. The molecule has 1 N–H and O–H groups in total. The average Bonchev–Trinajstić information content (AvgIpc) is 2.38. The van der Waals surface area contributed by atoms with E-state index in [1.54, 1.807) is 25.1 Å². The number of hydrogen-bond donors (Lipinski definition) is 1. The number of sulfonamides is 1. The summed E-state index contributed by atoms with van der Waals surface area (Å²) in [5.41, 5.74) is 0.971. The second kappa shape index (κ2) is 5.50.